The number of carbonyl (C=O) groups is 2. The SMILES string of the molecule is COC(=O)C(C)NC(=O)c1cc(SC)ccc1[N+](=O)[O-]. The number of esters is 1. The number of nitrogens with one attached hydrogen (secondary N) is 1. The van der Waals surface area contributed by atoms with Gasteiger partial charge in [0.15, 0.2) is 0 Å². The van der Waals surface area contributed by atoms with Gasteiger partial charge in [0.2, 0.25) is 0 Å². The lowest BCUT2D eigenvalue weighted by molar-refractivity contribution is -0.385. The van der Waals surface area contributed by atoms with Crippen molar-refractivity contribution < 1.29 is 19.2 Å². The maximum absolute atomic E-state index is 12.0. The highest BCUT2D eigenvalue weighted by atomic mass is 32.2. The fourth-order valence-electron chi connectivity index (χ4n) is 1.49. The molecule has 7 nitrogen and oxygen atoms in total. The maximum Gasteiger partial charge on any atom is 0.328 e. The van der Waals surface area contributed by atoms with E-state index in [0.717, 1.165) is 0 Å². The zero-order valence-electron chi connectivity index (χ0n) is 11.2. The Hall–Kier alpha value is -2.09. The first kappa shape index (κ1) is 16.0. The van der Waals surface area contributed by atoms with Gasteiger partial charge >= 0.3 is 5.97 Å². The molecular formula is C12H14N2O5S. The molecule has 0 aliphatic carbocycles. The largest absolute Gasteiger partial charge is 0.467 e. The molecule has 8 heteroatoms. The maximum atomic E-state index is 12.0. The summed E-state index contributed by atoms with van der Waals surface area (Å²) in [6.45, 7) is 1.44. The summed E-state index contributed by atoms with van der Waals surface area (Å²) >= 11 is 1.36. The molecule has 1 amide bonds. The summed E-state index contributed by atoms with van der Waals surface area (Å²) in [5, 5.41) is 13.3. The molecule has 0 heterocycles. The summed E-state index contributed by atoms with van der Waals surface area (Å²) < 4.78 is 4.48. The number of carbonyl (C=O) groups excluding carboxylic acids is 2. The third-order valence-electron chi connectivity index (χ3n) is 2.55. The highest BCUT2D eigenvalue weighted by Crippen LogP contribution is 2.24. The topological polar surface area (TPSA) is 98.5 Å². The van der Waals surface area contributed by atoms with Crippen molar-refractivity contribution >= 4 is 29.3 Å². The van der Waals surface area contributed by atoms with Gasteiger partial charge in [0.05, 0.1) is 12.0 Å². The van der Waals surface area contributed by atoms with Gasteiger partial charge < -0.3 is 10.1 Å². The number of hydrogen-bond donors (Lipinski definition) is 1. The molecule has 0 saturated heterocycles. The van der Waals surface area contributed by atoms with Crippen LogP contribution < -0.4 is 5.32 Å². The number of rotatable bonds is 5. The molecule has 0 bridgehead atoms. The molecule has 0 aliphatic heterocycles. The molecular weight excluding hydrogens is 284 g/mol. The molecule has 1 N–H and O–H groups in total. The number of ether oxygens (including phenoxy) is 1. The average Bonchev–Trinajstić information content (AvgIpc) is 2.45. The van der Waals surface area contributed by atoms with Crippen molar-refractivity contribution in [2.24, 2.45) is 0 Å². The van der Waals surface area contributed by atoms with Gasteiger partial charge in [-0.25, -0.2) is 4.79 Å². The van der Waals surface area contributed by atoms with Crippen molar-refractivity contribution in [2.75, 3.05) is 13.4 Å². The quantitative estimate of drug-likeness (QED) is 0.384. The predicted molar refractivity (Wildman–Crippen MR) is 73.8 cm³/mol. The molecule has 1 aromatic carbocycles. The molecule has 1 unspecified atom stereocenters. The zero-order chi connectivity index (χ0) is 15.3. The van der Waals surface area contributed by atoms with Gasteiger partial charge in [-0.3, -0.25) is 14.9 Å². The number of methoxy groups -OCH3 is 1. The monoisotopic (exact) mass is 298 g/mol. The molecule has 1 aromatic rings. The lowest BCUT2D eigenvalue weighted by atomic mass is 10.1. The van der Waals surface area contributed by atoms with Gasteiger partial charge in [-0.2, -0.15) is 0 Å². The molecule has 0 aliphatic rings. The Kier molecular flexibility index (Phi) is 5.51. The first-order valence-corrected chi connectivity index (χ1v) is 6.84. The molecule has 108 valence electrons. The van der Waals surface area contributed by atoms with E-state index in [9.17, 15) is 19.7 Å². The second-order valence-corrected chi connectivity index (χ2v) is 4.74. The van der Waals surface area contributed by atoms with Crippen molar-refractivity contribution in [1.82, 2.24) is 5.32 Å². The Morgan fingerprint density at radius 1 is 1.45 bits per heavy atom. The van der Waals surface area contributed by atoms with Gasteiger partial charge in [0.1, 0.15) is 11.6 Å². The van der Waals surface area contributed by atoms with Crippen LogP contribution in [-0.4, -0.2) is 36.2 Å². The van der Waals surface area contributed by atoms with E-state index in [-0.39, 0.29) is 11.3 Å². The highest BCUT2D eigenvalue weighted by molar-refractivity contribution is 7.98. The second-order valence-electron chi connectivity index (χ2n) is 3.86. The van der Waals surface area contributed by atoms with E-state index < -0.39 is 22.8 Å². The number of hydrogen-bond acceptors (Lipinski definition) is 6. The summed E-state index contributed by atoms with van der Waals surface area (Å²) in [6, 6.07) is 3.36. The minimum absolute atomic E-state index is 0.0856. The highest BCUT2D eigenvalue weighted by Gasteiger charge is 2.24. The number of nitro benzene ring substituents is 1. The predicted octanol–water partition coefficient (Wildman–Crippen LogP) is 1.61. The van der Waals surface area contributed by atoms with Crippen LogP contribution in [0.5, 0.6) is 0 Å². The third-order valence-corrected chi connectivity index (χ3v) is 3.27. The van der Waals surface area contributed by atoms with Crippen LogP contribution in [-0.2, 0) is 9.53 Å². The molecule has 0 radical (unpaired) electrons. The van der Waals surface area contributed by atoms with Crippen molar-refractivity contribution in [3.63, 3.8) is 0 Å². The first-order valence-electron chi connectivity index (χ1n) is 5.61. The van der Waals surface area contributed by atoms with E-state index in [2.05, 4.69) is 10.1 Å². The minimum Gasteiger partial charge on any atom is -0.467 e. The van der Waals surface area contributed by atoms with Gasteiger partial charge in [-0.05, 0) is 25.3 Å². The Balaban J connectivity index is 3.07. The number of benzene rings is 1. The fraction of sp³-hybridized carbons (Fsp3) is 0.333. The minimum atomic E-state index is -0.884. The summed E-state index contributed by atoms with van der Waals surface area (Å²) in [7, 11) is 1.20. The zero-order valence-corrected chi connectivity index (χ0v) is 12.0. The Morgan fingerprint density at radius 2 is 2.10 bits per heavy atom. The van der Waals surface area contributed by atoms with Crippen LogP contribution in [0.15, 0.2) is 23.1 Å². The van der Waals surface area contributed by atoms with Crippen LogP contribution in [0.3, 0.4) is 0 Å². The van der Waals surface area contributed by atoms with E-state index >= 15 is 0 Å². The number of nitro groups is 1. The molecule has 0 fully saturated rings. The van der Waals surface area contributed by atoms with Crippen LogP contribution >= 0.6 is 11.8 Å². The van der Waals surface area contributed by atoms with Crippen LogP contribution in [0, 0.1) is 10.1 Å². The van der Waals surface area contributed by atoms with Crippen LogP contribution in [0.4, 0.5) is 5.69 Å². The van der Waals surface area contributed by atoms with Crippen molar-refractivity contribution in [2.45, 2.75) is 17.9 Å². The van der Waals surface area contributed by atoms with Crippen molar-refractivity contribution in [3.05, 3.63) is 33.9 Å². The standard InChI is InChI=1S/C12H14N2O5S/c1-7(12(16)19-2)13-11(15)9-6-8(20-3)4-5-10(9)14(17)18/h4-7H,1-3H3,(H,13,15). The van der Waals surface area contributed by atoms with Gasteiger partial charge in [0, 0.05) is 11.0 Å². The number of amides is 1. The van der Waals surface area contributed by atoms with E-state index in [1.165, 1.54) is 37.9 Å². The van der Waals surface area contributed by atoms with E-state index in [0.29, 0.717) is 4.90 Å². The van der Waals surface area contributed by atoms with Crippen LogP contribution in [0.1, 0.15) is 17.3 Å². The lowest BCUT2D eigenvalue weighted by Gasteiger charge is -2.12. The normalized spacial score (nSPS) is 11.6. The summed E-state index contributed by atoms with van der Waals surface area (Å²) in [5.41, 5.74) is -0.394. The molecule has 0 saturated carbocycles. The second kappa shape index (κ2) is 6.90. The smallest absolute Gasteiger partial charge is 0.328 e. The number of thioether (sulfide) groups is 1. The van der Waals surface area contributed by atoms with Gasteiger partial charge in [0.25, 0.3) is 11.6 Å². The van der Waals surface area contributed by atoms with Crippen LogP contribution in [0.2, 0.25) is 0 Å². The van der Waals surface area contributed by atoms with Crippen molar-refractivity contribution in [3.8, 4) is 0 Å². The first-order chi connectivity index (χ1) is 9.40. The van der Waals surface area contributed by atoms with Gasteiger partial charge in [-0.1, -0.05) is 0 Å². The van der Waals surface area contributed by atoms with Crippen molar-refractivity contribution in [1.29, 1.82) is 0 Å². The summed E-state index contributed by atoms with van der Waals surface area (Å²) in [5.74, 6) is -1.31. The molecule has 0 spiro atoms. The van der Waals surface area contributed by atoms with Gasteiger partial charge in [-0.15, -0.1) is 11.8 Å². The van der Waals surface area contributed by atoms with Crippen LogP contribution in [0.25, 0.3) is 0 Å². The molecule has 20 heavy (non-hydrogen) atoms. The lowest BCUT2D eigenvalue weighted by Crippen LogP contribution is -2.39. The molecule has 1 atom stereocenters. The average molecular weight is 298 g/mol. The Morgan fingerprint density at radius 3 is 2.60 bits per heavy atom. The van der Waals surface area contributed by atoms with E-state index in [4.69, 9.17) is 0 Å². The Labute approximate surface area is 119 Å². The summed E-state index contributed by atoms with van der Waals surface area (Å²) in [4.78, 5) is 34.3. The third kappa shape index (κ3) is 3.70. The Bertz CT molecular complexity index is 547. The van der Waals surface area contributed by atoms with E-state index in [1.807, 2.05) is 0 Å². The summed E-state index contributed by atoms with van der Waals surface area (Å²) in [6.07, 6.45) is 1.79. The van der Waals surface area contributed by atoms with E-state index in [1.54, 1.807) is 12.3 Å². The molecule has 0 aromatic heterocycles. The number of nitrogens with zero attached hydrogens (tertiary/aromatic N) is 1. The molecule has 1 rings (SSSR count). The fourth-order valence-corrected chi connectivity index (χ4v) is 1.93.